The first-order valence-electron chi connectivity index (χ1n) is 8.28. The van der Waals surface area contributed by atoms with Crippen LogP contribution in [0.2, 0.25) is 0 Å². The van der Waals surface area contributed by atoms with Crippen LogP contribution in [0.4, 0.5) is 0 Å². The van der Waals surface area contributed by atoms with E-state index in [0.717, 1.165) is 13.1 Å². The second-order valence-electron chi connectivity index (χ2n) is 6.30. The van der Waals surface area contributed by atoms with E-state index in [4.69, 9.17) is 4.74 Å². The first kappa shape index (κ1) is 16.5. The Hall–Kier alpha value is -0.900. The Labute approximate surface area is 129 Å². The van der Waals surface area contributed by atoms with Crippen LogP contribution in [0.1, 0.15) is 37.3 Å². The van der Waals surface area contributed by atoms with Gasteiger partial charge in [-0.3, -0.25) is 0 Å². The predicted octanol–water partition coefficient (Wildman–Crippen LogP) is 3.04. The maximum absolute atomic E-state index is 5.26. The molecule has 0 aliphatic carbocycles. The minimum Gasteiger partial charge on any atom is -0.380 e. The van der Waals surface area contributed by atoms with Gasteiger partial charge in [-0.1, -0.05) is 37.6 Å². The Morgan fingerprint density at radius 3 is 2.57 bits per heavy atom. The molecule has 0 aromatic heterocycles. The van der Waals surface area contributed by atoms with Gasteiger partial charge in [-0.2, -0.15) is 0 Å². The van der Waals surface area contributed by atoms with Gasteiger partial charge in [-0.25, -0.2) is 0 Å². The monoisotopic (exact) mass is 290 g/mol. The predicted molar refractivity (Wildman–Crippen MR) is 88.3 cm³/mol. The molecule has 2 rings (SSSR count). The first-order chi connectivity index (χ1) is 10.3. The van der Waals surface area contributed by atoms with Crippen LogP contribution in [0.5, 0.6) is 0 Å². The summed E-state index contributed by atoms with van der Waals surface area (Å²) in [7, 11) is 1.75. The fourth-order valence-corrected chi connectivity index (χ4v) is 3.13. The topological polar surface area (TPSA) is 24.5 Å². The van der Waals surface area contributed by atoms with Crippen molar-refractivity contribution in [1.29, 1.82) is 0 Å². The number of methoxy groups -OCH3 is 1. The summed E-state index contributed by atoms with van der Waals surface area (Å²) in [5.41, 5.74) is 2.64. The molecular formula is C18H30N2O. The van der Waals surface area contributed by atoms with Crippen LogP contribution in [0.25, 0.3) is 0 Å². The van der Waals surface area contributed by atoms with Crippen molar-refractivity contribution in [3.8, 4) is 0 Å². The first-order valence-corrected chi connectivity index (χ1v) is 8.28. The van der Waals surface area contributed by atoms with Gasteiger partial charge in [0, 0.05) is 20.2 Å². The molecule has 118 valence electrons. The van der Waals surface area contributed by atoms with Gasteiger partial charge in [0.15, 0.2) is 0 Å². The summed E-state index contributed by atoms with van der Waals surface area (Å²) in [5, 5.41) is 3.61. The summed E-state index contributed by atoms with van der Waals surface area (Å²) in [6.45, 7) is 8.88. The molecule has 1 saturated heterocycles. The van der Waals surface area contributed by atoms with Crippen LogP contribution in [0, 0.1) is 5.92 Å². The highest BCUT2D eigenvalue weighted by molar-refractivity contribution is 5.26. The third kappa shape index (κ3) is 5.77. The molecule has 3 nitrogen and oxygen atoms in total. The van der Waals surface area contributed by atoms with E-state index < -0.39 is 0 Å². The quantitative estimate of drug-likeness (QED) is 0.796. The zero-order valence-corrected chi connectivity index (χ0v) is 13.6. The van der Waals surface area contributed by atoms with Crippen LogP contribution < -0.4 is 5.32 Å². The molecular weight excluding hydrogens is 260 g/mol. The average Bonchev–Trinajstić information content (AvgIpc) is 2.50. The van der Waals surface area contributed by atoms with E-state index in [-0.39, 0.29) is 0 Å². The zero-order chi connectivity index (χ0) is 14.9. The zero-order valence-electron chi connectivity index (χ0n) is 13.6. The molecule has 0 saturated carbocycles. The van der Waals surface area contributed by atoms with Crippen LogP contribution in [0.15, 0.2) is 24.3 Å². The van der Waals surface area contributed by atoms with E-state index in [2.05, 4.69) is 41.4 Å². The molecule has 0 bridgehead atoms. The van der Waals surface area contributed by atoms with Crippen molar-refractivity contribution in [2.24, 2.45) is 5.92 Å². The van der Waals surface area contributed by atoms with E-state index in [1.54, 1.807) is 7.11 Å². The maximum atomic E-state index is 5.26. The number of ether oxygens (including phenoxy) is 1. The minimum absolute atomic E-state index is 0.696. The highest BCUT2D eigenvalue weighted by Crippen LogP contribution is 2.12. The molecule has 0 amide bonds. The summed E-state index contributed by atoms with van der Waals surface area (Å²) in [5.74, 6) is 0.706. The summed E-state index contributed by atoms with van der Waals surface area (Å²) < 4.78 is 5.26. The third-order valence-electron chi connectivity index (χ3n) is 4.25. The van der Waals surface area contributed by atoms with Crippen LogP contribution in [-0.2, 0) is 17.9 Å². The van der Waals surface area contributed by atoms with Crippen molar-refractivity contribution in [1.82, 2.24) is 10.2 Å². The van der Waals surface area contributed by atoms with Gasteiger partial charge in [0.1, 0.15) is 0 Å². The van der Waals surface area contributed by atoms with E-state index in [0.29, 0.717) is 12.5 Å². The van der Waals surface area contributed by atoms with Gasteiger partial charge < -0.3 is 15.0 Å². The highest BCUT2D eigenvalue weighted by atomic mass is 16.5. The lowest BCUT2D eigenvalue weighted by atomic mass is 10.1. The van der Waals surface area contributed by atoms with E-state index in [1.165, 1.54) is 50.0 Å². The Kier molecular flexibility index (Phi) is 7.20. The second kappa shape index (κ2) is 9.19. The number of hydrogen-bond acceptors (Lipinski definition) is 3. The summed E-state index contributed by atoms with van der Waals surface area (Å²) in [4.78, 5) is 2.62. The number of benzene rings is 1. The molecule has 0 radical (unpaired) electrons. The smallest absolute Gasteiger partial charge is 0.0716 e. The number of likely N-dealkylation sites (tertiary alicyclic amines) is 1. The molecule has 1 fully saturated rings. The number of nitrogens with one attached hydrogen (secondary N) is 1. The Morgan fingerprint density at radius 1 is 1.14 bits per heavy atom. The number of rotatable bonds is 8. The fourth-order valence-electron chi connectivity index (χ4n) is 3.13. The van der Waals surface area contributed by atoms with Crippen molar-refractivity contribution in [3.05, 3.63) is 35.4 Å². The van der Waals surface area contributed by atoms with Gasteiger partial charge >= 0.3 is 0 Å². The molecule has 1 atom stereocenters. The maximum Gasteiger partial charge on any atom is 0.0716 e. The summed E-state index contributed by atoms with van der Waals surface area (Å²) in [6.07, 6.45) is 4.18. The molecule has 1 unspecified atom stereocenters. The summed E-state index contributed by atoms with van der Waals surface area (Å²) >= 11 is 0. The average molecular weight is 290 g/mol. The number of hydrogen-bond donors (Lipinski definition) is 1. The molecule has 3 heteroatoms. The molecule has 1 aromatic rings. The Balaban J connectivity index is 1.70. The lowest BCUT2D eigenvalue weighted by Gasteiger charge is -2.29. The van der Waals surface area contributed by atoms with Crippen molar-refractivity contribution in [3.63, 3.8) is 0 Å². The molecule has 1 aliphatic rings. The molecule has 21 heavy (non-hydrogen) atoms. The largest absolute Gasteiger partial charge is 0.380 e. The van der Waals surface area contributed by atoms with Crippen LogP contribution in [-0.4, -0.2) is 38.2 Å². The summed E-state index contributed by atoms with van der Waals surface area (Å²) in [6, 6.07) is 8.53. The van der Waals surface area contributed by atoms with Gasteiger partial charge in [-0.15, -0.1) is 0 Å². The van der Waals surface area contributed by atoms with Crippen molar-refractivity contribution >= 4 is 0 Å². The molecule has 1 aliphatic heterocycles. The Morgan fingerprint density at radius 2 is 1.86 bits per heavy atom. The lowest BCUT2D eigenvalue weighted by molar-refractivity contribution is 0.183. The number of nitrogens with zero attached hydrogens (tertiary/aromatic N) is 1. The third-order valence-corrected chi connectivity index (χ3v) is 4.25. The lowest BCUT2D eigenvalue weighted by Crippen LogP contribution is -2.36. The van der Waals surface area contributed by atoms with E-state index in [9.17, 15) is 0 Å². The number of piperidine rings is 1. The molecule has 1 heterocycles. The van der Waals surface area contributed by atoms with Crippen LogP contribution in [0.3, 0.4) is 0 Å². The minimum atomic E-state index is 0.696. The highest BCUT2D eigenvalue weighted by Gasteiger charge is 2.13. The van der Waals surface area contributed by atoms with E-state index in [1.807, 2.05) is 0 Å². The standard InChI is InChI=1S/C18H30N2O/c1-16(14-20-10-6-3-7-11-20)12-19-13-17-8-4-5-9-18(17)15-21-2/h4-5,8-9,16,19H,3,6-7,10-15H2,1-2H3. The molecule has 1 aromatic carbocycles. The van der Waals surface area contributed by atoms with Gasteiger partial charge in [0.25, 0.3) is 0 Å². The normalized spacial score (nSPS) is 17.8. The van der Waals surface area contributed by atoms with Gasteiger partial charge in [0.2, 0.25) is 0 Å². The van der Waals surface area contributed by atoms with Gasteiger partial charge in [-0.05, 0) is 49.5 Å². The van der Waals surface area contributed by atoms with E-state index >= 15 is 0 Å². The van der Waals surface area contributed by atoms with Gasteiger partial charge in [0.05, 0.1) is 6.61 Å². The SMILES string of the molecule is COCc1ccccc1CNCC(C)CN1CCCCC1. The van der Waals surface area contributed by atoms with Crippen molar-refractivity contribution < 1.29 is 4.74 Å². The van der Waals surface area contributed by atoms with Crippen molar-refractivity contribution in [2.45, 2.75) is 39.3 Å². The van der Waals surface area contributed by atoms with Crippen LogP contribution >= 0.6 is 0 Å². The Bertz CT molecular complexity index is 402. The fraction of sp³-hybridized carbons (Fsp3) is 0.667. The van der Waals surface area contributed by atoms with Crippen molar-refractivity contribution in [2.75, 3.05) is 33.3 Å². The molecule has 0 spiro atoms. The second-order valence-corrected chi connectivity index (χ2v) is 6.30. The molecule has 1 N–H and O–H groups in total.